The van der Waals surface area contributed by atoms with Crippen LogP contribution in [0.2, 0.25) is 0 Å². The lowest BCUT2D eigenvalue weighted by molar-refractivity contribution is 0.0937. The summed E-state index contributed by atoms with van der Waals surface area (Å²) in [6, 6.07) is 4.89. The number of nitrogen functional groups attached to an aromatic ring is 1. The molecule has 0 radical (unpaired) electrons. The summed E-state index contributed by atoms with van der Waals surface area (Å²) in [4.78, 5) is 12.1. The maximum absolute atomic E-state index is 12.1. The summed E-state index contributed by atoms with van der Waals surface area (Å²) < 4.78 is 0. The van der Waals surface area contributed by atoms with Crippen LogP contribution in [0.3, 0.4) is 0 Å². The Morgan fingerprint density at radius 2 is 2.28 bits per heavy atom. The Labute approximate surface area is 104 Å². The van der Waals surface area contributed by atoms with Gasteiger partial charge >= 0.3 is 0 Å². The van der Waals surface area contributed by atoms with Gasteiger partial charge in [0.05, 0.1) is 6.04 Å². The number of nitrogens with zero attached hydrogens (tertiary/aromatic N) is 3. The van der Waals surface area contributed by atoms with Crippen molar-refractivity contribution in [2.24, 2.45) is 0 Å². The molecular weight excluding hydrogens is 232 g/mol. The van der Waals surface area contributed by atoms with Crippen LogP contribution in [-0.2, 0) is 0 Å². The number of benzene rings is 1. The van der Waals surface area contributed by atoms with Crippen molar-refractivity contribution in [2.45, 2.75) is 19.9 Å². The molecule has 0 bridgehead atoms. The number of hydrogen-bond acceptors (Lipinski definition) is 5. The van der Waals surface area contributed by atoms with Gasteiger partial charge in [-0.05, 0) is 31.5 Å². The van der Waals surface area contributed by atoms with Gasteiger partial charge in [-0.1, -0.05) is 11.3 Å². The second-order valence-corrected chi connectivity index (χ2v) is 4.04. The van der Waals surface area contributed by atoms with E-state index in [1.165, 1.54) is 0 Å². The van der Waals surface area contributed by atoms with Gasteiger partial charge in [0.15, 0.2) is 5.82 Å². The Morgan fingerprint density at radius 3 is 2.94 bits per heavy atom. The number of tetrazole rings is 1. The lowest BCUT2D eigenvalue weighted by atomic mass is 10.1. The van der Waals surface area contributed by atoms with Crippen LogP contribution in [0, 0.1) is 6.92 Å². The van der Waals surface area contributed by atoms with E-state index in [1.54, 1.807) is 19.1 Å². The molecule has 0 aliphatic heterocycles. The first-order valence-corrected chi connectivity index (χ1v) is 5.48. The number of H-pyrrole nitrogens is 1. The molecule has 0 fully saturated rings. The monoisotopic (exact) mass is 246 g/mol. The van der Waals surface area contributed by atoms with E-state index in [9.17, 15) is 4.79 Å². The number of aromatic amines is 1. The normalized spacial score (nSPS) is 12.1. The molecule has 2 aromatic rings. The molecule has 94 valence electrons. The fourth-order valence-electron chi connectivity index (χ4n) is 1.58. The van der Waals surface area contributed by atoms with E-state index in [1.807, 2.05) is 13.0 Å². The molecule has 0 saturated carbocycles. The fourth-order valence-corrected chi connectivity index (χ4v) is 1.58. The van der Waals surface area contributed by atoms with Crippen LogP contribution in [0.4, 0.5) is 5.69 Å². The Balaban J connectivity index is 2.15. The summed E-state index contributed by atoms with van der Waals surface area (Å²) >= 11 is 0. The number of aryl methyl sites for hydroxylation is 1. The summed E-state index contributed by atoms with van der Waals surface area (Å²) in [6.07, 6.45) is 0. The van der Waals surface area contributed by atoms with Gasteiger partial charge in [0.25, 0.3) is 5.91 Å². The van der Waals surface area contributed by atoms with Crippen molar-refractivity contribution in [3.63, 3.8) is 0 Å². The average Bonchev–Trinajstić information content (AvgIpc) is 2.85. The average molecular weight is 246 g/mol. The third kappa shape index (κ3) is 2.45. The number of nitrogens with two attached hydrogens (primary N) is 1. The first-order valence-electron chi connectivity index (χ1n) is 5.48. The number of carbonyl (C=O) groups is 1. The molecule has 1 aromatic carbocycles. The summed E-state index contributed by atoms with van der Waals surface area (Å²) in [7, 11) is 0. The first-order chi connectivity index (χ1) is 8.58. The molecule has 1 unspecified atom stereocenters. The highest BCUT2D eigenvalue weighted by Gasteiger charge is 2.16. The topological polar surface area (TPSA) is 110 Å². The number of carbonyl (C=O) groups excluding carboxylic acids is 1. The van der Waals surface area contributed by atoms with E-state index in [4.69, 9.17) is 5.73 Å². The molecular formula is C11H14N6O. The third-order valence-electron chi connectivity index (χ3n) is 2.60. The molecule has 0 spiro atoms. The number of anilines is 1. The van der Waals surface area contributed by atoms with Crippen molar-refractivity contribution in [3.8, 4) is 0 Å². The summed E-state index contributed by atoms with van der Waals surface area (Å²) in [5.74, 6) is 0.224. The quantitative estimate of drug-likeness (QED) is 0.686. The van der Waals surface area contributed by atoms with E-state index < -0.39 is 0 Å². The lowest BCUT2D eigenvalue weighted by Crippen LogP contribution is -2.28. The molecule has 1 atom stereocenters. The maximum Gasteiger partial charge on any atom is 0.252 e. The minimum Gasteiger partial charge on any atom is -0.399 e. The van der Waals surface area contributed by atoms with Gasteiger partial charge in [-0.2, -0.15) is 5.21 Å². The fraction of sp³-hybridized carbons (Fsp3) is 0.273. The zero-order valence-electron chi connectivity index (χ0n) is 10.1. The van der Waals surface area contributed by atoms with Crippen LogP contribution in [0.1, 0.15) is 34.7 Å². The van der Waals surface area contributed by atoms with Crippen LogP contribution in [0.15, 0.2) is 18.2 Å². The summed E-state index contributed by atoms with van der Waals surface area (Å²) in [6.45, 7) is 3.64. The Kier molecular flexibility index (Phi) is 3.22. The number of nitrogens with one attached hydrogen (secondary N) is 2. The molecule has 18 heavy (non-hydrogen) atoms. The molecule has 7 nitrogen and oxygen atoms in total. The molecule has 1 aromatic heterocycles. The molecule has 0 aliphatic carbocycles. The van der Waals surface area contributed by atoms with Crippen molar-refractivity contribution in [3.05, 3.63) is 35.2 Å². The first kappa shape index (κ1) is 12.0. The minimum absolute atomic E-state index is 0.211. The highest BCUT2D eigenvalue weighted by atomic mass is 16.1. The van der Waals surface area contributed by atoms with Crippen molar-refractivity contribution in [1.29, 1.82) is 0 Å². The van der Waals surface area contributed by atoms with Gasteiger partial charge in [-0.3, -0.25) is 4.79 Å². The van der Waals surface area contributed by atoms with Crippen LogP contribution in [0.25, 0.3) is 0 Å². The number of hydrogen-bond donors (Lipinski definition) is 3. The molecule has 0 saturated heterocycles. The van der Waals surface area contributed by atoms with Crippen molar-refractivity contribution < 1.29 is 4.79 Å². The number of aromatic nitrogens is 4. The van der Waals surface area contributed by atoms with E-state index in [0.717, 1.165) is 5.56 Å². The zero-order valence-corrected chi connectivity index (χ0v) is 10.1. The summed E-state index contributed by atoms with van der Waals surface area (Å²) in [5, 5.41) is 16.2. The summed E-state index contributed by atoms with van der Waals surface area (Å²) in [5.41, 5.74) is 7.63. The predicted octanol–water partition coefficient (Wildman–Crippen LogP) is 0.581. The van der Waals surface area contributed by atoms with Gasteiger partial charge in [-0.25, -0.2) is 0 Å². The van der Waals surface area contributed by atoms with Crippen LogP contribution in [-0.4, -0.2) is 26.5 Å². The maximum atomic E-state index is 12.1. The van der Waals surface area contributed by atoms with Gasteiger partial charge < -0.3 is 11.1 Å². The molecule has 7 heteroatoms. The van der Waals surface area contributed by atoms with Gasteiger partial charge in [0, 0.05) is 11.3 Å². The molecule has 1 heterocycles. The van der Waals surface area contributed by atoms with Crippen LogP contribution in [0.5, 0.6) is 0 Å². The SMILES string of the molecule is Cc1ccc(N)cc1C(=O)NC(C)c1nn[nH]n1. The van der Waals surface area contributed by atoms with Crippen molar-refractivity contribution >= 4 is 11.6 Å². The van der Waals surface area contributed by atoms with Gasteiger partial charge in [-0.15, -0.1) is 10.2 Å². The van der Waals surface area contributed by atoms with E-state index in [0.29, 0.717) is 17.1 Å². The van der Waals surface area contributed by atoms with Gasteiger partial charge in [0.2, 0.25) is 0 Å². The molecule has 4 N–H and O–H groups in total. The van der Waals surface area contributed by atoms with Crippen molar-refractivity contribution in [1.82, 2.24) is 25.9 Å². The van der Waals surface area contributed by atoms with Gasteiger partial charge in [0.1, 0.15) is 0 Å². The Hall–Kier alpha value is -2.44. The van der Waals surface area contributed by atoms with E-state index in [2.05, 4.69) is 25.9 Å². The zero-order chi connectivity index (χ0) is 13.1. The smallest absolute Gasteiger partial charge is 0.252 e. The number of amides is 1. The highest BCUT2D eigenvalue weighted by Crippen LogP contribution is 2.14. The van der Waals surface area contributed by atoms with Crippen LogP contribution >= 0.6 is 0 Å². The predicted molar refractivity (Wildman–Crippen MR) is 65.7 cm³/mol. The Morgan fingerprint density at radius 1 is 1.50 bits per heavy atom. The molecule has 1 amide bonds. The van der Waals surface area contributed by atoms with Crippen molar-refractivity contribution in [2.75, 3.05) is 5.73 Å². The largest absolute Gasteiger partial charge is 0.399 e. The van der Waals surface area contributed by atoms with Crippen LogP contribution < -0.4 is 11.1 Å². The highest BCUT2D eigenvalue weighted by molar-refractivity contribution is 5.96. The molecule has 0 aliphatic rings. The number of rotatable bonds is 3. The molecule has 2 rings (SSSR count). The minimum atomic E-state index is -0.322. The second-order valence-electron chi connectivity index (χ2n) is 4.04. The Bertz CT molecular complexity index is 551. The standard InChI is InChI=1S/C11H14N6O/c1-6-3-4-8(12)5-9(6)11(18)13-7(2)10-14-16-17-15-10/h3-5,7H,12H2,1-2H3,(H,13,18)(H,14,15,16,17). The second kappa shape index (κ2) is 4.82. The third-order valence-corrected chi connectivity index (χ3v) is 2.60. The van der Waals surface area contributed by atoms with E-state index in [-0.39, 0.29) is 11.9 Å². The lowest BCUT2D eigenvalue weighted by Gasteiger charge is -2.12. The van der Waals surface area contributed by atoms with E-state index >= 15 is 0 Å².